The monoisotopic (exact) mass is 260 g/mol. The van der Waals surface area contributed by atoms with Crippen molar-refractivity contribution in [3.05, 3.63) is 24.3 Å². The number of rotatable bonds is 3. The number of likely N-dealkylation sites (N-methyl/N-ethyl adjacent to an activating group) is 1. The number of nitrogens with one attached hydrogen (secondary N) is 1. The van der Waals surface area contributed by atoms with E-state index in [1.54, 1.807) is 12.1 Å². The summed E-state index contributed by atoms with van der Waals surface area (Å²) in [7, 11) is 1.85. The Hall–Kier alpha value is -1.43. The minimum Gasteiger partial charge on any atom is -0.404 e. The summed E-state index contributed by atoms with van der Waals surface area (Å²) in [6.07, 6.45) is -3.74. The van der Waals surface area contributed by atoms with Crippen molar-refractivity contribution >= 4 is 5.69 Å². The molecule has 1 aromatic rings. The van der Waals surface area contributed by atoms with E-state index in [0.29, 0.717) is 18.3 Å². The molecule has 3 nitrogen and oxygen atoms in total. The molecule has 1 aliphatic rings. The number of ether oxygens (including phenoxy) is 1. The van der Waals surface area contributed by atoms with E-state index in [9.17, 15) is 13.2 Å². The number of para-hydroxylation sites is 2. The van der Waals surface area contributed by atoms with E-state index in [1.807, 2.05) is 11.9 Å². The van der Waals surface area contributed by atoms with Gasteiger partial charge in [0.15, 0.2) is 5.75 Å². The van der Waals surface area contributed by atoms with Gasteiger partial charge < -0.3 is 15.0 Å². The van der Waals surface area contributed by atoms with E-state index in [4.69, 9.17) is 0 Å². The van der Waals surface area contributed by atoms with Crippen molar-refractivity contribution in [2.24, 2.45) is 0 Å². The minimum atomic E-state index is -4.65. The molecule has 6 heteroatoms. The molecule has 0 saturated carbocycles. The second-order valence-corrected chi connectivity index (χ2v) is 4.24. The van der Waals surface area contributed by atoms with Crippen LogP contribution in [0.1, 0.15) is 6.42 Å². The van der Waals surface area contributed by atoms with Crippen LogP contribution >= 0.6 is 0 Å². The van der Waals surface area contributed by atoms with Crippen molar-refractivity contribution in [1.29, 1.82) is 0 Å². The van der Waals surface area contributed by atoms with Gasteiger partial charge in [-0.15, -0.1) is 13.2 Å². The molecule has 0 radical (unpaired) electrons. The molecule has 0 bridgehead atoms. The van der Waals surface area contributed by atoms with Crippen molar-refractivity contribution < 1.29 is 17.9 Å². The van der Waals surface area contributed by atoms with Crippen LogP contribution < -0.4 is 15.0 Å². The SMILES string of the molecule is CNC1CCN(c2ccccc2OC(F)(F)F)C1. The Labute approximate surface area is 104 Å². The number of anilines is 1. The summed E-state index contributed by atoms with van der Waals surface area (Å²) in [6, 6.07) is 6.56. The fraction of sp³-hybridized carbons (Fsp3) is 0.500. The molecule has 1 aromatic carbocycles. The first kappa shape index (κ1) is 13.0. The second-order valence-electron chi connectivity index (χ2n) is 4.24. The molecule has 1 saturated heterocycles. The molecule has 1 fully saturated rings. The van der Waals surface area contributed by atoms with Crippen LogP contribution in [0.5, 0.6) is 5.75 Å². The maximum atomic E-state index is 12.3. The van der Waals surface area contributed by atoms with E-state index in [1.165, 1.54) is 12.1 Å². The van der Waals surface area contributed by atoms with Gasteiger partial charge in [-0.05, 0) is 25.6 Å². The molecule has 0 aromatic heterocycles. The van der Waals surface area contributed by atoms with Crippen LogP contribution in [0, 0.1) is 0 Å². The standard InChI is InChI=1S/C12H15F3N2O/c1-16-9-6-7-17(8-9)10-4-2-3-5-11(10)18-12(13,14)15/h2-5,9,16H,6-8H2,1H3. The smallest absolute Gasteiger partial charge is 0.404 e. The van der Waals surface area contributed by atoms with Crippen LogP contribution in [0.2, 0.25) is 0 Å². The highest BCUT2D eigenvalue weighted by Crippen LogP contribution is 2.34. The van der Waals surface area contributed by atoms with Gasteiger partial charge >= 0.3 is 6.36 Å². The lowest BCUT2D eigenvalue weighted by Gasteiger charge is -2.22. The number of hydrogen-bond donors (Lipinski definition) is 1. The highest BCUT2D eigenvalue weighted by atomic mass is 19.4. The molecule has 18 heavy (non-hydrogen) atoms. The summed E-state index contributed by atoms with van der Waals surface area (Å²) < 4.78 is 40.9. The maximum absolute atomic E-state index is 12.3. The maximum Gasteiger partial charge on any atom is 0.573 e. The predicted molar refractivity (Wildman–Crippen MR) is 62.8 cm³/mol. The highest BCUT2D eigenvalue weighted by Gasteiger charge is 2.33. The third-order valence-corrected chi connectivity index (χ3v) is 3.03. The van der Waals surface area contributed by atoms with Crippen molar-refractivity contribution in [2.45, 2.75) is 18.8 Å². The Morgan fingerprint density at radius 2 is 2.06 bits per heavy atom. The molecule has 1 N–H and O–H groups in total. The largest absolute Gasteiger partial charge is 0.573 e. The summed E-state index contributed by atoms with van der Waals surface area (Å²) in [5, 5.41) is 3.13. The molecule has 2 rings (SSSR count). The molecular weight excluding hydrogens is 245 g/mol. The van der Waals surface area contributed by atoms with Gasteiger partial charge in [0.05, 0.1) is 5.69 Å². The Bertz CT molecular complexity index is 409. The molecule has 0 spiro atoms. The van der Waals surface area contributed by atoms with E-state index >= 15 is 0 Å². The Balaban J connectivity index is 2.18. The zero-order valence-electron chi connectivity index (χ0n) is 10.00. The number of alkyl halides is 3. The zero-order chi connectivity index (χ0) is 13.2. The summed E-state index contributed by atoms with van der Waals surface area (Å²) in [5.41, 5.74) is 0.493. The first-order valence-corrected chi connectivity index (χ1v) is 5.76. The average Bonchev–Trinajstić information content (AvgIpc) is 2.76. The number of hydrogen-bond acceptors (Lipinski definition) is 3. The van der Waals surface area contributed by atoms with E-state index in [2.05, 4.69) is 10.1 Å². The number of benzene rings is 1. The first-order valence-electron chi connectivity index (χ1n) is 5.76. The molecule has 1 unspecified atom stereocenters. The summed E-state index contributed by atoms with van der Waals surface area (Å²) in [5.74, 6) is -0.137. The van der Waals surface area contributed by atoms with E-state index in [-0.39, 0.29) is 5.75 Å². The lowest BCUT2D eigenvalue weighted by atomic mass is 10.2. The summed E-state index contributed by atoms with van der Waals surface area (Å²) >= 11 is 0. The van der Waals surface area contributed by atoms with Gasteiger partial charge in [-0.1, -0.05) is 12.1 Å². The fourth-order valence-corrected chi connectivity index (χ4v) is 2.14. The third-order valence-electron chi connectivity index (χ3n) is 3.03. The Morgan fingerprint density at radius 3 is 2.67 bits per heavy atom. The van der Waals surface area contributed by atoms with Crippen LogP contribution in [-0.4, -0.2) is 32.5 Å². The molecule has 1 heterocycles. The topological polar surface area (TPSA) is 24.5 Å². The van der Waals surface area contributed by atoms with Gasteiger partial charge in [0.1, 0.15) is 0 Å². The molecule has 0 aliphatic carbocycles. The van der Waals surface area contributed by atoms with Crippen LogP contribution in [0.25, 0.3) is 0 Å². The average molecular weight is 260 g/mol. The van der Waals surface area contributed by atoms with Gasteiger partial charge in [0, 0.05) is 19.1 Å². The molecular formula is C12H15F3N2O. The van der Waals surface area contributed by atoms with Gasteiger partial charge in [0.2, 0.25) is 0 Å². The second kappa shape index (κ2) is 5.06. The van der Waals surface area contributed by atoms with Gasteiger partial charge in [-0.2, -0.15) is 0 Å². The van der Waals surface area contributed by atoms with Crippen LogP contribution in [0.4, 0.5) is 18.9 Å². The van der Waals surface area contributed by atoms with E-state index in [0.717, 1.165) is 13.0 Å². The van der Waals surface area contributed by atoms with Gasteiger partial charge in [-0.3, -0.25) is 0 Å². The number of nitrogens with zero attached hydrogens (tertiary/aromatic N) is 1. The normalized spacial score (nSPS) is 20.2. The van der Waals surface area contributed by atoms with Crippen LogP contribution in [-0.2, 0) is 0 Å². The fourth-order valence-electron chi connectivity index (χ4n) is 2.14. The van der Waals surface area contributed by atoms with Crippen molar-refractivity contribution in [1.82, 2.24) is 5.32 Å². The quantitative estimate of drug-likeness (QED) is 0.903. The van der Waals surface area contributed by atoms with Crippen LogP contribution in [0.15, 0.2) is 24.3 Å². The summed E-state index contributed by atoms with van der Waals surface area (Å²) in [6.45, 7) is 1.42. The lowest BCUT2D eigenvalue weighted by Crippen LogP contribution is -2.30. The first-order chi connectivity index (χ1) is 8.49. The molecule has 100 valence electrons. The molecule has 1 atom stereocenters. The molecule has 0 amide bonds. The van der Waals surface area contributed by atoms with Crippen LogP contribution in [0.3, 0.4) is 0 Å². The van der Waals surface area contributed by atoms with Crippen molar-refractivity contribution in [3.63, 3.8) is 0 Å². The van der Waals surface area contributed by atoms with Crippen molar-refractivity contribution in [2.75, 3.05) is 25.0 Å². The van der Waals surface area contributed by atoms with Gasteiger partial charge in [0.25, 0.3) is 0 Å². The Morgan fingerprint density at radius 1 is 1.33 bits per heavy atom. The third kappa shape index (κ3) is 3.07. The summed E-state index contributed by atoms with van der Waals surface area (Å²) in [4.78, 5) is 1.90. The lowest BCUT2D eigenvalue weighted by molar-refractivity contribution is -0.274. The van der Waals surface area contributed by atoms with Crippen molar-refractivity contribution in [3.8, 4) is 5.75 Å². The van der Waals surface area contributed by atoms with E-state index < -0.39 is 6.36 Å². The minimum absolute atomic E-state index is 0.137. The number of halogens is 3. The van der Waals surface area contributed by atoms with Gasteiger partial charge in [-0.25, -0.2) is 0 Å². The molecule has 1 aliphatic heterocycles. The predicted octanol–water partition coefficient (Wildman–Crippen LogP) is 2.38. The Kier molecular flexibility index (Phi) is 3.65. The highest BCUT2D eigenvalue weighted by molar-refractivity contribution is 5.59. The zero-order valence-corrected chi connectivity index (χ0v) is 10.00.